The number of rotatable bonds is 8. The van der Waals surface area contributed by atoms with Crippen molar-refractivity contribution in [3.8, 4) is 22.9 Å². The number of piperidine rings is 1. The number of methoxy groups -OCH3 is 1. The van der Waals surface area contributed by atoms with Crippen LogP contribution in [-0.2, 0) is 16.1 Å². The van der Waals surface area contributed by atoms with Crippen LogP contribution in [0.4, 0.5) is 4.39 Å². The van der Waals surface area contributed by atoms with Crippen LogP contribution in [0.2, 0.25) is 0 Å². The Bertz CT molecular complexity index is 1340. The minimum absolute atomic E-state index is 0.00909. The van der Waals surface area contributed by atoms with E-state index in [0.29, 0.717) is 36.5 Å². The molecule has 196 valence electrons. The number of ether oxygens (including phenoxy) is 1. The summed E-state index contributed by atoms with van der Waals surface area (Å²) in [5.74, 6) is -0.0376. The second-order valence-electron chi connectivity index (χ2n) is 9.38. The van der Waals surface area contributed by atoms with Crippen molar-refractivity contribution < 1.29 is 18.7 Å². The van der Waals surface area contributed by atoms with Crippen LogP contribution in [-0.4, -0.2) is 49.5 Å². The number of carbonyl (C=O) groups excluding carboxylic acids is 2. The van der Waals surface area contributed by atoms with Crippen LogP contribution < -0.4 is 15.4 Å². The van der Waals surface area contributed by atoms with Gasteiger partial charge in [-0.25, -0.2) is 4.39 Å². The van der Waals surface area contributed by atoms with Crippen LogP contribution in [0.5, 0.6) is 5.75 Å². The van der Waals surface area contributed by atoms with Gasteiger partial charge >= 0.3 is 0 Å². The number of nitriles is 1. The normalized spacial score (nSPS) is 16.9. The van der Waals surface area contributed by atoms with Crippen molar-refractivity contribution in [2.24, 2.45) is 0 Å². The predicted molar refractivity (Wildman–Crippen MR) is 143 cm³/mol. The molecule has 0 unspecified atom stereocenters. The Labute approximate surface area is 222 Å². The summed E-state index contributed by atoms with van der Waals surface area (Å²) < 4.78 is 20.3. The zero-order chi connectivity index (χ0) is 27.1. The highest BCUT2D eigenvalue weighted by Crippen LogP contribution is 2.31. The maximum absolute atomic E-state index is 14.7. The summed E-state index contributed by atoms with van der Waals surface area (Å²) in [7, 11) is 1.60. The maximum atomic E-state index is 14.7. The van der Waals surface area contributed by atoms with Gasteiger partial charge in [0.05, 0.1) is 25.3 Å². The van der Waals surface area contributed by atoms with Crippen LogP contribution in [0.15, 0.2) is 66.7 Å². The molecule has 1 heterocycles. The molecule has 0 saturated carbocycles. The Kier molecular flexibility index (Phi) is 8.72. The lowest BCUT2D eigenvalue weighted by Gasteiger charge is -2.39. The molecule has 3 aromatic carbocycles. The van der Waals surface area contributed by atoms with Crippen molar-refractivity contribution >= 4 is 11.8 Å². The topological polar surface area (TPSA) is 94.5 Å². The highest BCUT2D eigenvalue weighted by molar-refractivity contribution is 5.83. The molecule has 1 aliphatic rings. The lowest BCUT2D eigenvalue weighted by atomic mass is 9.85. The third kappa shape index (κ3) is 6.36. The molecule has 7 nitrogen and oxygen atoms in total. The number of nitrogens with one attached hydrogen (secondary N) is 2. The quantitative estimate of drug-likeness (QED) is 0.474. The minimum Gasteiger partial charge on any atom is -0.496 e. The molecule has 2 atom stereocenters. The Morgan fingerprint density at radius 2 is 1.92 bits per heavy atom. The number of halogens is 1. The van der Waals surface area contributed by atoms with E-state index in [4.69, 9.17) is 10.00 Å². The van der Waals surface area contributed by atoms with Gasteiger partial charge in [-0.15, -0.1) is 0 Å². The molecule has 2 N–H and O–H groups in total. The standard InChI is InChI=1S/C30H31FN4O3/c1-20(36)33-18-30(37)35-13-12-28(26(19-35)22-6-4-3-5-7-22)34-17-24-15-23(9-11-29(24)38-2)25-10-8-21(16-32)14-27(25)31/h3-11,14-15,26,28,34H,12-13,17-19H2,1-2H3,(H,33,36)/t26-,28-/m0/s1. The largest absolute Gasteiger partial charge is 0.496 e. The molecule has 0 spiro atoms. The fourth-order valence-electron chi connectivity index (χ4n) is 4.92. The molecule has 3 aromatic rings. The van der Waals surface area contributed by atoms with E-state index in [2.05, 4.69) is 22.8 Å². The lowest BCUT2D eigenvalue weighted by molar-refractivity contribution is -0.133. The van der Waals surface area contributed by atoms with Crippen molar-refractivity contribution in [1.29, 1.82) is 5.26 Å². The SMILES string of the molecule is COc1ccc(-c2ccc(C#N)cc2F)cc1CN[C@H]1CCN(C(=O)CNC(C)=O)C[C@H]1c1ccccc1. The average molecular weight is 515 g/mol. The Morgan fingerprint density at radius 3 is 2.61 bits per heavy atom. The monoisotopic (exact) mass is 514 g/mol. The number of hydrogen-bond acceptors (Lipinski definition) is 5. The maximum Gasteiger partial charge on any atom is 0.241 e. The van der Waals surface area contributed by atoms with E-state index >= 15 is 0 Å². The van der Waals surface area contributed by atoms with E-state index in [-0.39, 0.29) is 35.9 Å². The van der Waals surface area contributed by atoms with Gasteiger partial charge in [0.15, 0.2) is 0 Å². The van der Waals surface area contributed by atoms with Gasteiger partial charge in [-0.2, -0.15) is 5.26 Å². The van der Waals surface area contributed by atoms with Crippen LogP contribution in [0.25, 0.3) is 11.1 Å². The zero-order valence-electron chi connectivity index (χ0n) is 21.5. The number of nitrogens with zero attached hydrogens (tertiary/aromatic N) is 2. The summed E-state index contributed by atoms with van der Waals surface area (Å²) in [4.78, 5) is 25.8. The van der Waals surface area contributed by atoms with Crippen molar-refractivity contribution in [1.82, 2.24) is 15.5 Å². The fourth-order valence-corrected chi connectivity index (χ4v) is 4.92. The number of amides is 2. The van der Waals surface area contributed by atoms with Gasteiger partial charge in [0.2, 0.25) is 11.8 Å². The Morgan fingerprint density at radius 1 is 1.13 bits per heavy atom. The summed E-state index contributed by atoms with van der Waals surface area (Å²) in [6, 6.07) is 22.1. The Hall–Kier alpha value is -4.22. The van der Waals surface area contributed by atoms with Gasteiger partial charge in [-0.3, -0.25) is 9.59 Å². The lowest BCUT2D eigenvalue weighted by Crippen LogP contribution is -2.51. The number of likely N-dealkylation sites (tertiary alicyclic amines) is 1. The van der Waals surface area contributed by atoms with Crippen molar-refractivity contribution in [2.45, 2.75) is 31.8 Å². The van der Waals surface area contributed by atoms with Gasteiger partial charge < -0.3 is 20.3 Å². The fraction of sp³-hybridized carbons (Fsp3) is 0.300. The third-order valence-electron chi connectivity index (χ3n) is 6.93. The molecule has 2 amide bonds. The van der Waals surface area contributed by atoms with Crippen LogP contribution in [0.1, 0.15) is 36.0 Å². The summed E-state index contributed by atoms with van der Waals surface area (Å²) >= 11 is 0. The van der Waals surface area contributed by atoms with E-state index in [9.17, 15) is 14.0 Å². The van der Waals surface area contributed by atoms with E-state index in [0.717, 1.165) is 17.5 Å². The first-order valence-electron chi connectivity index (χ1n) is 12.6. The summed E-state index contributed by atoms with van der Waals surface area (Å²) in [5, 5.41) is 15.3. The molecule has 38 heavy (non-hydrogen) atoms. The number of carbonyl (C=O) groups is 2. The Balaban J connectivity index is 1.53. The van der Waals surface area contributed by atoms with Gasteiger partial charge in [-0.1, -0.05) is 42.5 Å². The van der Waals surface area contributed by atoms with Crippen LogP contribution >= 0.6 is 0 Å². The molecule has 1 aliphatic heterocycles. The van der Waals surface area contributed by atoms with Crippen LogP contribution in [0.3, 0.4) is 0 Å². The van der Waals surface area contributed by atoms with Crippen molar-refractivity contribution in [3.05, 3.63) is 89.2 Å². The van der Waals surface area contributed by atoms with Crippen LogP contribution in [0, 0.1) is 17.1 Å². The molecular weight excluding hydrogens is 483 g/mol. The molecular formula is C30H31FN4O3. The van der Waals surface area contributed by atoms with E-state index < -0.39 is 5.82 Å². The highest BCUT2D eigenvalue weighted by Gasteiger charge is 2.32. The predicted octanol–water partition coefficient (Wildman–Crippen LogP) is 3.98. The highest BCUT2D eigenvalue weighted by atomic mass is 19.1. The van der Waals surface area contributed by atoms with Gasteiger partial charge in [0, 0.05) is 49.6 Å². The summed E-state index contributed by atoms with van der Waals surface area (Å²) in [6.07, 6.45) is 0.734. The second kappa shape index (κ2) is 12.3. The first kappa shape index (κ1) is 26.8. The summed E-state index contributed by atoms with van der Waals surface area (Å²) in [5.41, 5.74) is 3.39. The van der Waals surface area contributed by atoms with E-state index in [1.54, 1.807) is 30.2 Å². The first-order chi connectivity index (χ1) is 18.4. The molecule has 0 aromatic heterocycles. The summed E-state index contributed by atoms with van der Waals surface area (Å²) in [6.45, 7) is 2.99. The molecule has 0 bridgehead atoms. The number of hydrogen-bond donors (Lipinski definition) is 2. The molecule has 0 aliphatic carbocycles. The second-order valence-corrected chi connectivity index (χ2v) is 9.38. The molecule has 8 heteroatoms. The van der Waals surface area contributed by atoms with E-state index in [1.165, 1.54) is 13.0 Å². The average Bonchev–Trinajstić information content (AvgIpc) is 2.94. The van der Waals surface area contributed by atoms with Crippen molar-refractivity contribution in [3.63, 3.8) is 0 Å². The van der Waals surface area contributed by atoms with Gasteiger partial charge in [-0.05, 0) is 41.8 Å². The van der Waals surface area contributed by atoms with Gasteiger partial charge in [0.1, 0.15) is 11.6 Å². The zero-order valence-corrected chi connectivity index (χ0v) is 21.5. The van der Waals surface area contributed by atoms with Crippen molar-refractivity contribution in [2.75, 3.05) is 26.7 Å². The molecule has 1 fully saturated rings. The first-order valence-corrected chi connectivity index (χ1v) is 12.6. The number of benzene rings is 3. The van der Waals surface area contributed by atoms with Gasteiger partial charge in [0.25, 0.3) is 0 Å². The molecule has 4 rings (SSSR count). The smallest absolute Gasteiger partial charge is 0.241 e. The molecule has 0 radical (unpaired) electrons. The molecule has 1 saturated heterocycles. The van der Waals surface area contributed by atoms with E-state index in [1.807, 2.05) is 36.4 Å². The minimum atomic E-state index is -0.450. The third-order valence-corrected chi connectivity index (χ3v) is 6.93.